The first-order valence-corrected chi connectivity index (χ1v) is 16.3. The second-order valence-electron chi connectivity index (χ2n) is 13.1. The highest BCUT2D eigenvalue weighted by atomic mass is 16.5. The number of hydrogen-bond donors (Lipinski definition) is 0. The minimum Gasteiger partial charge on any atom is -0.454 e. The van der Waals surface area contributed by atoms with Gasteiger partial charge in [-0.05, 0) is 54.6 Å². The van der Waals surface area contributed by atoms with Gasteiger partial charge in [-0.15, -0.1) is 0 Å². The fraction of sp³-hybridized carbons (Fsp3) is 0.0698. The third-order valence-corrected chi connectivity index (χ3v) is 10.0. The molecule has 3 aromatic heterocycles. The smallest absolute Gasteiger partial charge is 0.159 e. The van der Waals surface area contributed by atoms with Crippen LogP contribution in [0.1, 0.15) is 25.0 Å². The van der Waals surface area contributed by atoms with Crippen molar-refractivity contribution < 1.29 is 4.74 Å². The van der Waals surface area contributed by atoms with E-state index in [0.717, 1.165) is 61.4 Å². The van der Waals surface area contributed by atoms with Crippen LogP contribution >= 0.6 is 0 Å². The average molecular weight is 619 g/mol. The molecule has 0 atom stereocenters. The minimum absolute atomic E-state index is 0.205. The van der Waals surface area contributed by atoms with Gasteiger partial charge in [-0.25, -0.2) is 9.97 Å². The molecular weight excluding hydrogens is 589 g/mol. The highest BCUT2D eigenvalue weighted by molar-refractivity contribution is 6.12. The molecule has 4 heterocycles. The van der Waals surface area contributed by atoms with Crippen molar-refractivity contribution in [3.05, 3.63) is 157 Å². The van der Waals surface area contributed by atoms with E-state index < -0.39 is 0 Å². The molecule has 1 aliphatic heterocycles. The monoisotopic (exact) mass is 618 g/mol. The van der Waals surface area contributed by atoms with E-state index in [1.54, 1.807) is 0 Å². The molecule has 0 saturated heterocycles. The summed E-state index contributed by atoms with van der Waals surface area (Å²) >= 11 is 0. The zero-order valence-corrected chi connectivity index (χ0v) is 26.6. The van der Waals surface area contributed by atoms with Crippen molar-refractivity contribution in [2.75, 3.05) is 0 Å². The third kappa shape index (κ3) is 3.73. The van der Waals surface area contributed by atoms with Gasteiger partial charge in [0.2, 0.25) is 0 Å². The molecule has 0 fully saturated rings. The van der Waals surface area contributed by atoms with Gasteiger partial charge in [-0.1, -0.05) is 98.8 Å². The lowest BCUT2D eigenvalue weighted by molar-refractivity contribution is 0.421. The summed E-state index contributed by atoms with van der Waals surface area (Å²) in [6, 6.07) is 48.9. The van der Waals surface area contributed by atoms with Gasteiger partial charge in [0.05, 0.1) is 28.3 Å². The van der Waals surface area contributed by atoms with Crippen molar-refractivity contribution in [3.8, 4) is 34.3 Å². The minimum atomic E-state index is -0.205. The Labute approximate surface area is 277 Å². The van der Waals surface area contributed by atoms with Crippen molar-refractivity contribution >= 4 is 43.7 Å². The molecule has 0 bridgehead atoms. The zero-order chi connectivity index (χ0) is 32.0. The Kier molecular flexibility index (Phi) is 5.56. The van der Waals surface area contributed by atoms with E-state index >= 15 is 0 Å². The van der Waals surface area contributed by atoms with E-state index in [1.165, 1.54) is 21.9 Å². The maximum atomic E-state index is 6.78. The maximum absolute atomic E-state index is 6.78. The Morgan fingerprint density at radius 1 is 0.542 bits per heavy atom. The number of para-hydroxylation sites is 4. The molecule has 1 aliphatic rings. The molecule has 0 spiro atoms. The second kappa shape index (κ2) is 9.90. The molecule has 0 saturated carbocycles. The van der Waals surface area contributed by atoms with Crippen LogP contribution in [0.25, 0.3) is 66.5 Å². The molecule has 0 unspecified atom stereocenters. The van der Waals surface area contributed by atoms with Gasteiger partial charge in [0.15, 0.2) is 11.6 Å². The van der Waals surface area contributed by atoms with E-state index in [9.17, 15) is 0 Å². The van der Waals surface area contributed by atoms with E-state index in [1.807, 2.05) is 18.3 Å². The molecule has 5 heteroatoms. The van der Waals surface area contributed by atoms with Gasteiger partial charge in [0.1, 0.15) is 11.3 Å². The van der Waals surface area contributed by atoms with Crippen molar-refractivity contribution in [1.82, 2.24) is 19.1 Å². The van der Waals surface area contributed by atoms with Crippen LogP contribution in [0, 0.1) is 0 Å². The quantitative estimate of drug-likeness (QED) is 0.198. The summed E-state index contributed by atoms with van der Waals surface area (Å²) in [4.78, 5) is 10.0. The normalized spacial score (nSPS) is 13.5. The van der Waals surface area contributed by atoms with Crippen LogP contribution in [0.4, 0.5) is 0 Å². The van der Waals surface area contributed by atoms with E-state index in [4.69, 9.17) is 14.7 Å². The van der Waals surface area contributed by atoms with Gasteiger partial charge in [0, 0.05) is 49.6 Å². The van der Waals surface area contributed by atoms with E-state index in [-0.39, 0.29) is 5.41 Å². The van der Waals surface area contributed by atoms with Crippen LogP contribution < -0.4 is 4.74 Å². The summed E-state index contributed by atoms with van der Waals surface area (Å²) in [6.07, 6.45) is 1.95. The number of rotatable bonds is 3. The topological polar surface area (TPSA) is 44.9 Å². The largest absolute Gasteiger partial charge is 0.454 e. The molecule has 0 aliphatic carbocycles. The molecule has 6 aromatic carbocycles. The molecular formula is C43H30N4O. The van der Waals surface area contributed by atoms with E-state index in [2.05, 4.69) is 150 Å². The molecule has 5 nitrogen and oxygen atoms in total. The van der Waals surface area contributed by atoms with Gasteiger partial charge in [-0.2, -0.15) is 0 Å². The number of fused-ring (bicyclic) bond motifs is 9. The maximum Gasteiger partial charge on any atom is 0.159 e. The van der Waals surface area contributed by atoms with Crippen molar-refractivity contribution in [3.63, 3.8) is 0 Å². The lowest BCUT2D eigenvalue weighted by Crippen LogP contribution is -2.24. The molecule has 10 rings (SSSR count). The predicted octanol–water partition coefficient (Wildman–Crippen LogP) is 10.8. The van der Waals surface area contributed by atoms with Crippen LogP contribution in [0.15, 0.2) is 146 Å². The van der Waals surface area contributed by atoms with Crippen LogP contribution in [-0.4, -0.2) is 19.1 Å². The van der Waals surface area contributed by atoms with Crippen LogP contribution in [0.3, 0.4) is 0 Å². The van der Waals surface area contributed by atoms with E-state index in [0.29, 0.717) is 5.82 Å². The summed E-state index contributed by atoms with van der Waals surface area (Å²) < 4.78 is 11.4. The average Bonchev–Trinajstić information content (AvgIpc) is 3.65. The Balaban J connectivity index is 1.14. The standard InChI is InChI=1S/C43H30N4O/c1-43(2)33-16-8-11-19-38(33)48-41-34(43)25-24-31-30-14-6-9-17-35(30)47(40(31)41)29-22-20-27(21-23-29)42-44-26-37-39(45-42)32-15-7-10-18-36(32)46(37)28-12-4-3-5-13-28/h3-26H,1-2H3. The fourth-order valence-corrected chi connectivity index (χ4v) is 7.71. The van der Waals surface area contributed by atoms with Gasteiger partial charge in [-0.3, -0.25) is 0 Å². The zero-order valence-electron chi connectivity index (χ0n) is 26.6. The fourth-order valence-electron chi connectivity index (χ4n) is 7.71. The van der Waals surface area contributed by atoms with Crippen LogP contribution in [0.5, 0.6) is 11.5 Å². The molecule has 228 valence electrons. The van der Waals surface area contributed by atoms with Crippen LogP contribution in [0.2, 0.25) is 0 Å². The van der Waals surface area contributed by atoms with Crippen LogP contribution in [-0.2, 0) is 5.41 Å². The van der Waals surface area contributed by atoms with Gasteiger partial charge in [0.25, 0.3) is 0 Å². The second-order valence-corrected chi connectivity index (χ2v) is 13.1. The van der Waals surface area contributed by atoms with Crippen molar-refractivity contribution in [2.45, 2.75) is 19.3 Å². The third-order valence-electron chi connectivity index (χ3n) is 10.0. The summed E-state index contributed by atoms with van der Waals surface area (Å²) in [5, 5.41) is 3.48. The molecule has 0 N–H and O–H groups in total. The number of hydrogen-bond acceptors (Lipinski definition) is 3. The van der Waals surface area contributed by atoms with Crippen molar-refractivity contribution in [1.29, 1.82) is 0 Å². The van der Waals surface area contributed by atoms with Crippen molar-refractivity contribution in [2.24, 2.45) is 0 Å². The lowest BCUT2D eigenvalue weighted by Gasteiger charge is -2.35. The first-order valence-electron chi connectivity index (χ1n) is 16.3. The Morgan fingerprint density at radius 2 is 1.21 bits per heavy atom. The lowest BCUT2D eigenvalue weighted by atomic mass is 9.75. The first-order chi connectivity index (χ1) is 23.6. The molecule has 9 aromatic rings. The summed E-state index contributed by atoms with van der Waals surface area (Å²) in [5.41, 5.74) is 10.6. The first kappa shape index (κ1) is 27.0. The Hall–Kier alpha value is -6.20. The summed E-state index contributed by atoms with van der Waals surface area (Å²) in [7, 11) is 0. The number of aromatic nitrogens is 4. The Bertz CT molecular complexity index is 2720. The highest BCUT2D eigenvalue weighted by Gasteiger charge is 2.36. The molecule has 48 heavy (non-hydrogen) atoms. The number of ether oxygens (including phenoxy) is 1. The summed E-state index contributed by atoms with van der Waals surface area (Å²) in [6.45, 7) is 4.57. The predicted molar refractivity (Wildman–Crippen MR) is 195 cm³/mol. The number of nitrogens with zero attached hydrogens (tertiary/aromatic N) is 4. The van der Waals surface area contributed by atoms with Gasteiger partial charge >= 0.3 is 0 Å². The SMILES string of the molecule is CC1(C)c2ccccc2Oc2c1ccc1c3ccccc3n(-c3ccc(-c4ncc5c(n4)c4ccccc4n5-c4ccccc4)cc3)c21. The molecule has 0 radical (unpaired) electrons. The summed E-state index contributed by atoms with van der Waals surface area (Å²) in [5.74, 6) is 2.53. The Morgan fingerprint density at radius 3 is 2.02 bits per heavy atom. The van der Waals surface area contributed by atoms with Gasteiger partial charge < -0.3 is 13.9 Å². The number of benzene rings is 6. The highest BCUT2D eigenvalue weighted by Crippen LogP contribution is 2.52. The molecule has 0 amide bonds.